The average Bonchev–Trinajstić information content (AvgIpc) is 2.28. The Morgan fingerprint density at radius 1 is 1.50 bits per heavy atom. The molecule has 0 bridgehead atoms. The summed E-state index contributed by atoms with van der Waals surface area (Å²) in [7, 11) is 0. The second kappa shape index (κ2) is 5.07. The van der Waals surface area contributed by atoms with Crippen LogP contribution in [0.1, 0.15) is 43.4 Å². The van der Waals surface area contributed by atoms with Crippen LogP contribution in [0.25, 0.3) is 0 Å². The Hall–Kier alpha value is -0.730. The summed E-state index contributed by atoms with van der Waals surface area (Å²) in [6.45, 7) is 3.20. The summed E-state index contributed by atoms with van der Waals surface area (Å²) in [4.78, 5) is 0. The lowest BCUT2D eigenvalue weighted by Crippen LogP contribution is -2.29. The van der Waals surface area contributed by atoms with Crippen molar-refractivity contribution in [3.05, 3.63) is 28.3 Å². The standard InChI is InChI=1S/C13H18ClNO/c1-2-3-4-12-10-8-13(16)11(14)7-9(10)5-6-15-12/h7-8,12,15-16H,2-6H2,1H3. The molecule has 2 rings (SSSR count). The molecule has 3 heteroatoms. The number of fused-ring (bicyclic) bond motifs is 1. The van der Waals surface area contributed by atoms with Crippen molar-refractivity contribution in [1.29, 1.82) is 0 Å². The predicted octanol–water partition coefficient (Wildman–Crippen LogP) is 3.42. The molecule has 1 aromatic rings. The Bertz CT molecular complexity index is 378. The molecule has 1 atom stereocenters. The molecule has 0 spiro atoms. The van der Waals surface area contributed by atoms with Gasteiger partial charge in [-0.2, -0.15) is 0 Å². The number of phenolic OH excluding ortho intramolecular Hbond substituents is 1. The zero-order chi connectivity index (χ0) is 11.5. The number of halogens is 1. The summed E-state index contributed by atoms with van der Waals surface area (Å²) in [6, 6.07) is 4.11. The molecule has 1 aliphatic rings. The van der Waals surface area contributed by atoms with E-state index in [-0.39, 0.29) is 5.75 Å². The van der Waals surface area contributed by atoms with Crippen molar-refractivity contribution in [2.45, 2.75) is 38.6 Å². The van der Waals surface area contributed by atoms with E-state index < -0.39 is 0 Å². The molecule has 2 nitrogen and oxygen atoms in total. The highest BCUT2D eigenvalue weighted by molar-refractivity contribution is 6.32. The topological polar surface area (TPSA) is 32.3 Å². The molecule has 0 radical (unpaired) electrons. The first-order valence-electron chi connectivity index (χ1n) is 5.97. The molecule has 0 fully saturated rings. The Kier molecular flexibility index (Phi) is 3.72. The van der Waals surface area contributed by atoms with Gasteiger partial charge in [0.25, 0.3) is 0 Å². The first kappa shape index (κ1) is 11.7. The third kappa shape index (κ3) is 2.33. The molecule has 2 N–H and O–H groups in total. The number of nitrogens with one attached hydrogen (secondary N) is 1. The fourth-order valence-corrected chi connectivity index (χ4v) is 2.50. The molecule has 16 heavy (non-hydrogen) atoms. The second-order valence-electron chi connectivity index (χ2n) is 4.40. The summed E-state index contributed by atoms with van der Waals surface area (Å²) >= 11 is 5.93. The molecular weight excluding hydrogens is 222 g/mol. The van der Waals surface area contributed by atoms with E-state index in [2.05, 4.69) is 12.2 Å². The van der Waals surface area contributed by atoms with E-state index in [1.807, 2.05) is 12.1 Å². The van der Waals surface area contributed by atoms with E-state index in [1.54, 1.807) is 0 Å². The second-order valence-corrected chi connectivity index (χ2v) is 4.81. The largest absolute Gasteiger partial charge is 0.506 e. The van der Waals surface area contributed by atoms with Crippen LogP contribution < -0.4 is 5.32 Å². The van der Waals surface area contributed by atoms with Gasteiger partial charge in [-0.25, -0.2) is 0 Å². The lowest BCUT2D eigenvalue weighted by Gasteiger charge is -2.27. The van der Waals surface area contributed by atoms with Gasteiger partial charge in [-0.15, -0.1) is 0 Å². The Labute approximate surface area is 102 Å². The molecule has 1 heterocycles. The minimum absolute atomic E-state index is 0.200. The number of aromatic hydroxyl groups is 1. The van der Waals surface area contributed by atoms with E-state index in [9.17, 15) is 5.11 Å². The van der Waals surface area contributed by atoms with E-state index in [0.717, 1.165) is 19.4 Å². The SMILES string of the molecule is CCCCC1NCCc2cc(Cl)c(O)cc21. The van der Waals surface area contributed by atoms with Gasteiger partial charge in [0, 0.05) is 6.04 Å². The number of rotatable bonds is 3. The van der Waals surface area contributed by atoms with Crippen molar-refractivity contribution < 1.29 is 5.11 Å². The van der Waals surface area contributed by atoms with Crippen molar-refractivity contribution >= 4 is 11.6 Å². The van der Waals surface area contributed by atoms with Gasteiger partial charge < -0.3 is 10.4 Å². The molecule has 1 aliphatic heterocycles. The van der Waals surface area contributed by atoms with Crippen LogP contribution in [0.5, 0.6) is 5.75 Å². The van der Waals surface area contributed by atoms with E-state index >= 15 is 0 Å². The highest BCUT2D eigenvalue weighted by atomic mass is 35.5. The third-order valence-corrected chi connectivity index (χ3v) is 3.52. The maximum atomic E-state index is 9.66. The molecule has 88 valence electrons. The minimum Gasteiger partial charge on any atom is -0.506 e. The third-order valence-electron chi connectivity index (χ3n) is 3.22. The summed E-state index contributed by atoms with van der Waals surface area (Å²) in [5.41, 5.74) is 2.50. The van der Waals surface area contributed by atoms with Crippen LogP contribution in [0.2, 0.25) is 5.02 Å². The molecule has 1 unspecified atom stereocenters. The average molecular weight is 240 g/mol. The van der Waals surface area contributed by atoms with Gasteiger partial charge in [-0.1, -0.05) is 31.4 Å². The first-order valence-corrected chi connectivity index (χ1v) is 6.35. The number of benzene rings is 1. The molecule has 0 aromatic heterocycles. The predicted molar refractivity (Wildman–Crippen MR) is 67.1 cm³/mol. The number of hydrogen-bond donors (Lipinski definition) is 2. The van der Waals surface area contributed by atoms with Crippen LogP contribution in [0, 0.1) is 0 Å². The molecule has 0 aliphatic carbocycles. The molecular formula is C13H18ClNO. The normalized spacial score (nSPS) is 19.5. The van der Waals surface area contributed by atoms with Crippen LogP contribution in [-0.4, -0.2) is 11.7 Å². The van der Waals surface area contributed by atoms with Gasteiger partial charge in [0.05, 0.1) is 5.02 Å². The van der Waals surface area contributed by atoms with Crippen molar-refractivity contribution in [3.8, 4) is 5.75 Å². The van der Waals surface area contributed by atoms with Gasteiger partial charge >= 0.3 is 0 Å². The molecule has 0 saturated carbocycles. The quantitative estimate of drug-likeness (QED) is 0.847. The van der Waals surface area contributed by atoms with Gasteiger partial charge in [-0.3, -0.25) is 0 Å². The highest BCUT2D eigenvalue weighted by Crippen LogP contribution is 2.34. The van der Waals surface area contributed by atoms with Gasteiger partial charge in [0.15, 0.2) is 0 Å². The van der Waals surface area contributed by atoms with Crippen LogP contribution in [0.15, 0.2) is 12.1 Å². The highest BCUT2D eigenvalue weighted by Gasteiger charge is 2.20. The number of phenols is 1. The summed E-state index contributed by atoms with van der Waals surface area (Å²) in [6.07, 6.45) is 4.54. The van der Waals surface area contributed by atoms with E-state index in [4.69, 9.17) is 11.6 Å². The zero-order valence-corrected chi connectivity index (χ0v) is 10.3. The lowest BCUT2D eigenvalue weighted by atomic mass is 9.91. The maximum absolute atomic E-state index is 9.66. The first-order chi connectivity index (χ1) is 7.72. The van der Waals surface area contributed by atoms with Crippen molar-refractivity contribution in [1.82, 2.24) is 5.32 Å². The van der Waals surface area contributed by atoms with Crippen molar-refractivity contribution in [3.63, 3.8) is 0 Å². The van der Waals surface area contributed by atoms with E-state index in [1.165, 1.54) is 24.0 Å². The smallest absolute Gasteiger partial charge is 0.134 e. The maximum Gasteiger partial charge on any atom is 0.134 e. The molecule has 0 amide bonds. The fourth-order valence-electron chi connectivity index (χ4n) is 2.32. The van der Waals surface area contributed by atoms with Crippen LogP contribution >= 0.6 is 11.6 Å². The molecule has 1 aromatic carbocycles. The fraction of sp³-hybridized carbons (Fsp3) is 0.538. The summed E-state index contributed by atoms with van der Waals surface area (Å²) in [5, 5.41) is 13.6. The Morgan fingerprint density at radius 3 is 3.06 bits per heavy atom. The number of unbranched alkanes of at least 4 members (excludes halogenated alkanes) is 1. The Morgan fingerprint density at radius 2 is 2.31 bits per heavy atom. The van der Waals surface area contributed by atoms with E-state index in [0.29, 0.717) is 11.1 Å². The van der Waals surface area contributed by atoms with Gasteiger partial charge in [-0.05, 0) is 42.6 Å². The zero-order valence-electron chi connectivity index (χ0n) is 9.59. The van der Waals surface area contributed by atoms with Crippen LogP contribution in [0.3, 0.4) is 0 Å². The van der Waals surface area contributed by atoms with Crippen molar-refractivity contribution in [2.24, 2.45) is 0 Å². The Balaban J connectivity index is 2.27. The lowest BCUT2D eigenvalue weighted by molar-refractivity contribution is 0.447. The summed E-state index contributed by atoms with van der Waals surface area (Å²) < 4.78 is 0. The van der Waals surface area contributed by atoms with Gasteiger partial charge in [0.2, 0.25) is 0 Å². The van der Waals surface area contributed by atoms with Crippen LogP contribution in [-0.2, 0) is 6.42 Å². The molecule has 0 saturated heterocycles. The van der Waals surface area contributed by atoms with Crippen LogP contribution in [0.4, 0.5) is 0 Å². The monoisotopic (exact) mass is 239 g/mol. The number of hydrogen-bond acceptors (Lipinski definition) is 2. The summed E-state index contributed by atoms with van der Waals surface area (Å²) in [5.74, 6) is 0.200. The minimum atomic E-state index is 0.200. The van der Waals surface area contributed by atoms with Crippen molar-refractivity contribution in [2.75, 3.05) is 6.54 Å². The van der Waals surface area contributed by atoms with Gasteiger partial charge in [0.1, 0.15) is 5.75 Å².